The minimum Gasteiger partial charge on any atom is -0.454 e. The fourth-order valence-electron chi connectivity index (χ4n) is 6.15. The van der Waals surface area contributed by atoms with E-state index in [-0.39, 0.29) is 0 Å². The third-order valence-corrected chi connectivity index (χ3v) is 9.37. The van der Waals surface area contributed by atoms with E-state index in [2.05, 4.69) is 138 Å². The Bertz CT molecular complexity index is 2460. The van der Waals surface area contributed by atoms with Gasteiger partial charge in [-0.05, 0) is 71.8 Å². The molecular formula is C39H24N2OS. The summed E-state index contributed by atoms with van der Waals surface area (Å²) in [5.74, 6) is 0. The Balaban J connectivity index is 1.24. The first kappa shape index (κ1) is 24.2. The number of anilines is 3. The molecule has 3 aromatic heterocycles. The molecule has 0 spiro atoms. The average molecular weight is 569 g/mol. The summed E-state index contributed by atoms with van der Waals surface area (Å²) in [5.41, 5.74) is 9.13. The van der Waals surface area contributed by atoms with Crippen molar-refractivity contribution < 1.29 is 4.42 Å². The molecule has 3 heterocycles. The first-order valence-corrected chi connectivity index (χ1v) is 15.2. The maximum absolute atomic E-state index is 6.28. The average Bonchev–Trinajstić information content (AvgIpc) is 3.61. The molecule has 0 amide bonds. The van der Waals surface area contributed by atoms with Crippen molar-refractivity contribution in [2.75, 3.05) is 4.90 Å². The van der Waals surface area contributed by atoms with Crippen LogP contribution in [-0.4, -0.2) is 4.98 Å². The molecular weight excluding hydrogens is 545 g/mol. The van der Waals surface area contributed by atoms with E-state index in [1.165, 1.54) is 31.3 Å². The predicted molar refractivity (Wildman–Crippen MR) is 182 cm³/mol. The fraction of sp³-hybridized carbons (Fsp3) is 0. The Hall–Kier alpha value is -5.45. The second-order valence-corrected chi connectivity index (χ2v) is 11.9. The summed E-state index contributed by atoms with van der Waals surface area (Å²) in [6.07, 6.45) is 0. The van der Waals surface area contributed by atoms with Crippen molar-refractivity contribution in [3.63, 3.8) is 0 Å². The van der Waals surface area contributed by atoms with Gasteiger partial charge in [-0.1, -0.05) is 84.9 Å². The zero-order valence-corrected chi connectivity index (χ0v) is 23.9. The van der Waals surface area contributed by atoms with Gasteiger partial charge < -0.3 is 9.32 Å². The molecule has 0 aliphatic heterocycles. The van der Waals surface area contributed by atoms with Crippen molar-refractivity contribution in [1.82, 2.24) is 4.98 Å². The third-order valence-electron chi connectivity index (χ3n) is 8.24. The van der Waals surface area contributed by atoms with Gasteiger partial charge in [0.1, 0.15) is 11.1 Å². The van der Waals surface area contributed by atoms with Crippen LogP contribution in [0.3, 0.4) is 0 Å². The highest BCUT2D eigenvalue weighted by Crippen LogP contribution is 2.42. The molecule has 0 unspecified atom stereocenters. The summed E-state index contributed by atoms with van der Waals surface area (Å²) >= 11 is 1.84. The summed E-state index contributed by atoms with van der Waals surface area (Å²) in [7, 11) is 0. The summed E-state index contributed by atoms with van der Waals surface area (Å²) in [5, 5.41) is 4.67. The zero-order chi connectivity index (χ0) is 28.3. The standard InChI is InChI=1S/C39H24N2OS/c1-2-8-25(9-3-1)26-14-16-28(17-15-26)41(30-18-20-32-31-11-5-7-13-37(31)43-38(32)24-30)29-19-21-35-33(23-29)39-36(42-35)22-27-10-4-6-12-34(27)40-39/h1-24H. The SMILES string of the molecule is c1ccc(-c2ccc(N(c3ccc4c(c3)sc3ccccc34)c3ccc4oc5cc6ccccc6nc5c4c3)cc2)cc1. The van der Waals surface area contributed by atoms with Gasteiger partial charge in [-0.15, -0.1) is 11.3 Å². The number of benzene rings is 6. The molecule has 6 aromatic carbocycles. The number of rotatable bonds is 4. The van der Waals surface area contributed by atoms with Crippen LogP contribution in [0.2, 0.25) is 0 Å². The molecule has 0 aliphatic carbocycles. The first-order valence-electron chi connectivity index (χ1n) is 14.4. The maximum atomic E-state index is 6.28. The van der Waals surface area contributed by atoms with Crippen LogP contribution in [0.4, 0.5) is 17.1 Å². The van der Waals surface area contributed by atoms with Gasteiger partial charge in [-0.25, -0.2) is 4.98 Å². The minimum atomic E-state index is 0.802. The number of thiophene rings is 1. The maximum Gasteiger partial charge on any atom is 0.154 e. The number of nitrogens with zero attached hydrogens (tertiary/aromatic N) is 2. The van der Waals surface area contributed by atoms with Gasteiger partial charge in [0.05, 0.1) is 5.52 Å². The molecule has 0 radical (unpaired) electrons. The molecule has 9 aromatic rings. The second kappa shape index (κ2) is 9.55. The molecule has 0 bridgehead atoms. The number of para-hydroxylation sites is 1. The van der Waals surface area contributed by atoms with E-state index in [1.54, 1.807) is 0 Å². The van der Waals surface area contributed by atoms with Crippen LogP contribution in [0.1, 0.15) is 0 Å². The molecule has 0 aliphatic rings. The minimum absolute atomic E-state index is 0.802. The zero-order valence-electron chi connectivity index (χ0n) is 23.1. The van der Waals surface area contributed by atoms with Crippen LogP contribution in [0.15, 0.2) is 150 Å². The smallest absolute Gasteiger partial charge is 0.154 e. The van der Waals surface area contributed by atoms with Crippen LogP contribution >= 0.6 is 11.3 Å². The lowest BCUT2D eigenvalue weighted by Gasteiger charge is -2.26. The Morgan fingerprint density at radius 2 is 1.19 bits per heavy atom. The summed E-state index contributed by atoms with van der Waals surface area (Å²) in [6, 6.07) is 51.5. The van der Waals surface area contributed by atoms with Gasteiger partial charge in [0, 0.05) is 48.0 Å². The van der Waals surface area contributed by atoms with Crippen molar-refractivity contribution in [2.45, 2.75) is 0 Å². The van der Waals surface area contributed by atoms with Crippen LogP contribution in [0.5, 0.6) is 0 Å². The van der Waals surface area contributed by atoms with E-state index in [4.69, 9.17) is 9.40 Å². The Morgan fingerprint density at radius 3 is 2.09 bits per heavy atom. The molecule has 0 saturated carbocycles. The van der Waals surface area contributed by atoms with E-state index in [0.29, 0.717) is 0 Å². The lowest BCUT2D eigenvalue weighted by Crippen LogP contribution is -2.09. The Morgan fingerprint density at radius 1 is 0.488 bits per heavy atom. The van der Waals surface area contributed by atoms with Gasteiger partial charge in [-0.3, -0.25) is 0 Å². The quantitative estimate of drug-likeness (QED) is 0.211. The first-order chi connectivity index (χ1) is 21.3. The molecule has 0 saturated heterocycles. The van der Waals surface area contributed by atoms with Crippen LogP contribution in [0.25, 0.3) is 64.3 Å². The highest BCUT2D eigenvalue weighted by atomic mass is 32.1. The van der Waals surface area contributed by atoms with Gasteiger partial charge in [0.15, 0.2) is 5.58 Å². The summed E-state index contributed by atoms with van der Waals surface area (Å²) < 4.78 is 8.86. The second-order valence-electron chi connectivity index (χ2n) is 10.8. The molecule has 0 fully saturated rings. The lowest BCUT2D eigenvalue weighted by molar-refractivity contribution is 0.669. The predicted octanol–water partition coefficient (Wildman–Crippen LogP) is 11.6. The normalized spacial score (nSPS) is 11.7. The lowest BCUT2D eigenvalue weighted by atomic mass is 10.0. The number of hydrogen-bond acceptors (Lipinski definition) is 4. The molecule has 202 valence electrons. The highest BCUT2D eigenvalue weighted by Gasteiger charge is 2.18. The van der Waals surface area contributed by atoms with Crippen LogP contribution in [-0.2, 0) is 0 Å². The van der Waals surface area contributed by atoms with E-state index >= 15 is 0 Å². The van der Waals surface area contributed by atoms with E-state index in [9.17, 15) is 0 Å². The molecule has 0 atom stereocenters. The molecule has 3 nitrogen and oxygen atoms in total. The van der Waals surface area contributed by atoms with Gasteiger partial charge in [0.2, 0.25) is 0 Å². The largest absolute Gasteiger partial charge is 0.454 e. The topological polar surface area (TPSA) is 29.3 Å². The summed E-state index contributed by atoms with van der Waals surface area (Å²) in [4.78, 5) is 7.34. The highest BCUT2D eigenvalue weighted by molar-refractivity contribution is 7.25. The van der Waals surface area contributed by atoms with Crippen LogP contribution in [0, 0.1) is 0 Å². The van der Waals surface area contributed by atoms with Crippen LogP contribution < -0.4 is 4.90 Å². The van der Waals surface area contributed by atoms with Gasteiger partial charge in [-0.2, -0.15) is 0 Å². The van der Waals surface area contributed by atoms with E-state index < -0.39 is 0 Å². The van der Waals surface area contributed by atoms with Crippen molar-refractivity contribution in [3.8, 4) is 11.1 Å². The monoisotopic (exact) mass is 568 g/mol. The van der Waals surface area contributed by atoms with E-state index in [1.807, 2.05) is 23.5 Å². The molecule has 9 rings (SSSR count). The Kier molecular flexibility index (Phi) is 5.37. The van der Waals surface area contributed by atoms with Gasteiger partial charge >= 0.3 is 0 Å². The van der Waals surface area contributed by atoms with Crippen molar-refractivity contribution in [2.24, 2.45) is 0 Å². The number of hydrogen-bond donors (Lipinski definition) is 0. The van der Waals surface area contributed by atoms with Crippen molar-refractivity contribution in [3.05, 3.63) is 146 Å². The molecule has 0 N–H and O–H groups in total. The number of furan rings is 1. The van der Waals surface area contributed by atoms with Gasteiger partial charge in [0.25, 0.3) is 0 Å². The van der Waals surface area contributed by atoms with Crippen molar-refractivity contribution >= 4 is 81.5 Å². The number of pyridine rings is 1. The van der Waals surface area contributed by atoms with E-state index in [0.717, 1.165) is 50.0 Å². The number of aromatic nitrogens is 1. The molecule has 43 heavy (non-hydrogen) atoms. The third kappa shape index (κ3) is 3.99. The van der Waals surface area contributed by atoms with Crippen molar-refractivity contribution in [1.29, 1.82) is 0 Å². The molecule has 4 heteroatoms. The Labute approximate surface area is 251 Å². The fourth-order valence-corrected chi connectivity index (χ4v) is 7.29. The number of fused-ring (bicyclic) bond motifs is 7. The summed E-state index contributed by atoms with van der Waals surface area (Å²) in [6.45, 7) is 0.